The first-order chi connectivity index (χ1) is 15.9. The Kier molecular flexibility index (Phi) is 7.30. The highest BCUT2D eigenvalue weighted by molar-refractivity contribution is 7.89. The van der Waals surface area contributed by atoms with Crippen LogP contribution in [0, 0.1) is 0 Å². The first kappa shape index (κ1) is 27.4. The number of benzene rings is 1. The van der Waals surface area contributed by atoms with Crippen LogP contribution in [0.4, 0.5) is 13.2 Å². The third kappa shape index (κ3) is 5.62. The number of thiazole rings is 1. The summed E-state index contributed by atoms with van der Waals surface area (Å²) in [4.78, 5) is 15.1. The number of alkyl halides is 3. The predicted molar refractivity (Wildman–Crippen MR) is 121 cm³/mol. The van der Waals surface area contributed by atoms with Crippen molar-refractivity contribution in [2.75, 3.05) is 0 Å². The summed E-state index contributed by atoms with van der Waals surface area (Å²) < 4.78 is 69.9. The van der Waals surface area contributed by atoms with E-state index in [9.17, 15) is 36.6 Å². The van der Waals surface area contributed by atoms with Gasteiger partial charge in [0.15, 0.2) is 11.5 Å². The summed E-state index contributed by atoms with van der Waals surface area (Å²) in [6.45, 7) is 3.52. The summed E-state index contributed by atoms with van der Waals surface area (Å²) in [6, 6.07) is 0.977. The van der Waals surface area contributed by atoms with Gasteiger partial charge in [0.25, 0.3) is 0 Å². The highest BCUT2D eigenvalue weighted by Crippen LogP contribution is 2.43. The van der Waals surface area contributed by atoms with Crippen LogP contribution in [0.5, 0.6) is 0 Å². The molecule has 0 saturated heterocycles. The van der Waals surface area contributed by atoms with Crippen LogP contribution >= 0.6 is 34.5 Å². The number of sulfonamides is 1. The van der Waals surface area contributed by atoms with Crippen LogP contribution in [0.2, 0.25) is 10.0 Å². The van der Waals surface area contributed by atoms with Crippen LogP contribution in [0.25, 0.3) is 21.1 Å². The van der Waals surface area contributed by atoms with Crippen molar-refractivity contribution in [1.29, 1.82) is 0 Å². The Labute approximate surface area is 210 Å². The second-order valence-corrected chi connectivity index (χ2v) is 11.2. The van der Waals surface area contributed by atoms with Gasteiger partial charge in [0, 0.05) is 11.6 Å². The van der Waals surface area contributed by atoms with Gasteiger partial charge in [0.1, 0.15) is 27.2 Å². The quantitative estimate of drug-likeness (QED) is 0.361. The van der Waals surface area contributed by atoms with E-state index >= 15 is 0 Å². The van der Waals surface area contributed by atoms with E-state index in [2.05, 4.69) is 10.1 Å². The average molecular weight is 574 g/mol. The first-order valence-electron chi connectivity index (χ1n) is 9.45. The fraction of sp³-hybridized carbons (Fsp3) is 0.316. The molecule has 3 N–H and O–H groups in total. The Balaban J connectivity index is 2.08. The molecule has 0 amide bonds. The van der Waals surface area contributed by atoms with E-state index in [1.807, 2.05) is 0 Å². The number of aliphatic hydroxyl groups is 1. The second-order valence-electron chi connectivity index (χ2n) is 7.76. The molecule has 0 aliphatic heterocycles. The van der Waals surface area contributed by atoms with Crippen molar-refractivity contribution < 1.29 is 41.1 Å². The lowest BCUT2D eigenvalue weighted by molar-refractivity contribution is -0.147. The van der Waals surface area contributed by atoms with E-state index in [4.69, 9.17) is 27.7 Å². The molecule has 0 saturated carbocycles. The maximum Gasteiger partial charge on any atom is 0.404 e. The number of carbonyl (C=O) groups is 1. The van der Waals surface area contributed by atoms with Crippen LogP contribution in [0.3, 0.4) is 0 Å². The fourth-order valence-corrected chi connectivity index (χ4v) is 5.89. The monoisotopic (exact) mass is 573 g/mol. The van der Waals surface area contributed by atoms with Crippen molar-refractivity contribution in [3.8, 4) is 21.1 Å². The number of hydrogen-bond donors (Lipinski definition) is 3. The molecule has 0 bridgehead atoms. The van der Waals surface area contributed by atoms with Crippen LogP contribution in [-0.4, -0.2) is 47.0 Å². The van der Waals surface area contributed by atoms with Crippen molar-refractivity contribution in [1.82, 2.24) is 14.9 Å². The molecule has 0 aliphatic carbocycles. The molecule has 0 unspecified atom stereocenters. The fourth-order valence-electron chi connectivity index (χ4n) is 2.70. The normalized spacial score (nSPS) is 13.7. The molecule has 0 aliphatic rings. The van der Waals surface area contributed by atoms with Gasteiger partial charge in [-0.1, -0.05) is 34.4 Å². The van der Waals surface area contributed by atoms with E-state index in [1.54, 1.807) is 0 Å². The van der Waals surface area contributed by atoms with Crippen LogP contribution in [-0.2, 0) is 15.6 Å². The predicted octanol–water partition coefficient (Wildman–Crippen LogP) is 4.93. The van der Waals surface area contributed by atoms with Gasteiger partial charge in [-0.15, -0.1) is 11.3 Å². The summed E-state index contributed by atoms with van der Waals surface area (Å²) in [5.74, 6) is -1.35. The standard InChI is InChI=1S/C19H16Cl2F3N3O6S2/c1-7(19(22,23)24)27-35(31,32)10-5-4-8(12(20)13(10)21)15-14(17(28)29)25-16(34-15)9-6-11(33-26-9)18(2,3)30/h4-7,27,30H,1-3H3,(H,28,29)/t7-/m0/s1. The van der Waals surface area contributed by atoms with Crippen molar-refractivity contribution in [3.63, 3.8) is 0 Å². The first-order valence-corrected chi connectivity index (χ1v) is 12.5. The van der Waals surface area contributed by atoms with Crippen molar-refractivity contribution in [2.24, 2.45) is 0 Å². The Morgan fingerprint density at radius 1 is 1.23 bits per heavy atom. The van der Waals surface area contributed by atoms with Crippen LogP contribution in [0.1, 0.15) is 37.0 Å². The van der Waals surface area contributed by atoms with Crippen LogP contribution < -0.4 is 4.72 Å². The summed E-state index contributed by atoms with van der Waals surface area (Å²) in [7, 11) is -4.73. The topological polar surface area (TPSA) is 143 Å². The highest BCUT2D eigenvalue weighted by atomic mass is 35.5. The summed E-state index contributed by atoms with van der Waals surface area (Å²) >= 11 is 13.1. The van der Waals surface area contributed by atoms with E-state index in [0.29, 0.717) is 6.92 Å². The number of carboxylic acids is 1. The largest absolute Gasteiger partial charge is 0.476 e. The molecule has 0 radical (unpaired) electrons. The van der Waals surface area contributed by atoms with Gasteiger partial charge in [-0.3, -0.25) is 0 Å². The number of halogens is 5. The third-order valence-electron chi connectivity index (χ3n) is 4.57. The molecule has 2 aromatic heterocycles. The van der Waals surface area contributed by atoms with E-state index in [1.165, 1.54) is 24.6 Å². The number of rotatable bonds is 7. The van der Waals surface area contributed by atoms with E-state index in [0.717, 1.165) is 23.5 Å². The number of nitrogens with one attached hydrogen (secondary N) is 1. The van der Waals surface area contributed by atoms with Gasteiger partial charge in [-0.05, 0) is 26.8 Å². The van der Waals surface area contributed by atoms with Crippen LogP contribution in [0.15, 0.2) is 27.6 Å². The van der Waals surface area contributed by atoms with Crippen molar-refractivity contribution in [3.05, 3.63) is 39.7 Å². The Hall–Kier alpha value is -2.23. The molecular weight excluding hydrogens is 558 g/mol. The SMILES string of the molecule is C[C@H](NS(=O)(=O)c1ccc(-c2sc(-c3cc(C(C)(C)O)on3)nc2C(=O)O)c(Cl)c1Cl)C(F)(F)F. The number of aromatic nitrogens is 2. The number of hydrogen-bond acceptors (Lipinski definition) is 8. The maximum atomic E-state index is 12.8. The Morgan fingerprint density at radius 2 is 1.86 bits per heavy atom. The molecule has 35 heavy (non-hydrogen) atoms. The molecule has 3 aromatic rings. The molecule has 1 aromatic carbocycles. The zero-order valence-electron chi connectivity index (χ0n) is 17.9. The van der Waals surface area contributed by atoms with Gasteiger partial charge < -0.3 is 14.7 Å². The Morgan fingerprint density at radius 3 is 2.37 bits per heavy atom. The van der Waals surface area contributed by atoms with Gasteiger partial charge in [-0.2, -0.15) is 17.9 Å². The zero-order chi connectivity index (χ0) is 26.5. The Bertz CT molecular complexity index is 1400. The number of nitrogens with zero attached hydrogens (tertiary/aromatic N) is 2. The van der Waals surface area contributed by atoms with Gasteiger partial charge >= 0.3 is 12.1 Å². The molecule has 190 valence electrons. The van der Waals surface area contributed by atoms with E-state index < -0.39 is 54.4 Å². The van der Waals surface area contributed by atoms with Gasteiger partial charge in [0.2, 0.25) is 10.0 Å². The van der Waals surface area contributed by atoms with Crippen molar-refractivity contribution in [2.45, 2.75) is 43.5 Å². The minimum absolute atomic E-state index is 0.0206. The molecule has 0 spiro atoms. The lowest BCUT2D eigenvalue weighted by Crippen LogP contribution is -2.43. The molecule has 16 heteroatoms. The molecule has 9 nitrogen and oxygen atoms in total. The van der Waals surface area contributed by atoms with Crippen molar-refractivity contribution >= 4 is 50.5 Å². The second kappa shape index (κ2) is 9.33. The maximum absolute atomic E-state index is 12.8. The van der Waals surface area contributed by atoms with E-state index in [-0.39, 0.29) is 26.9 Å². The molecule has 2 heterocycles. The zero-order valence-corrected chi connectivity index (χ0v) is 21.1. The minimum atomic E-state index is -4.84. The smallest absolute Gasteiger partial charge is 0.404 e. The molecule has 1 atom stereocenters. The number of aromatic carboxylic acids is 1. The van der Waals surface area contributed by atoms with Gasteiger partial charge in [-0.25, -0.2) is 18.2 Å². The van der Waals surface area contributed by atoms with Gasteiger partial charge in [0.05, 0.1) is 14.9 Å². The molecule has 3 rings (SSSR count). The lowest BCUT2D eigenvalue weighted by atomic mass is 10.1. The lowest BCUT2D eigenvalue weighted by Gasteiger charge is -2.18. The third-order valence-corrected chi connectivity index (χ3v) is 8.25. The minimum Gasteiger partial charge on any atom is -0.476 e. The summed E-state index contributed by atoms with van der Waals surface area (Å²) in [5, 5.41) is 22.5. The molecule has 0 fully saturated rings. The summed E-state index contributed by atoms with van der Waals surface area (Å²) in [5.41, 5.74) is -1.73. The molecular formula is C19H16Cl2F3N3O6S2. The highest BCUT2D eigenvalue weighted by Gasteiger charge is 2.39. The number of carboxylic acid groups (broad SMARTS) is 1. The average Bonchev–Trinajstić information content (AvgIpc) is 3.35. The summed E-state index contributed by atoms with van der Waals surface area (Å²) in [6.07, 6.45) is -4.84.